The first-order valence-electron chi connectivity index (χ1n) is 14.5. The topological polar surface area (TPSA) is 76.4 Å². The first-order chi connectivity index (χ1) is 21.1. The number of thioether (sulfide) groups is 1. The van der Waals surface area contributed by atoms with Crippen LogP contribution >= 0.6 is 23.1 Å². The van der Waals surface area contributed by atoms with Gasteiger partial charge in [0.05, 0.1) is 18.0 Å². The molecule has 0 bridgehead atoms. The molecule has 0 radical (unpaired) electrons. The van der Waals surface area contributed by atoms with Crippen molar-refractivity contribution in [1.82, 2.24) is 24.6 Å². The number of ether oxygens (including phenoxy) is 1. The second kappa shape index (κ2) is 13.4. The standard InChI is InChI=1S/C33H34N6O2S2/c1-3-41-29-12-8-7-11-28(29)37-17-19-38(20-18-37)32(40)27-22-42-31(34-27)23-43-33-36-35-30(21-25-9-5-4-6-10-25)39(33)26-15-13-24(2)14-16-26/h4-16,22H,3,17-21,23H2,1-2H3. The molecular formula is C33H34N6O2S2. The van der Waals surface area contributed by atoms with Gasteiger partial charge in [-0.3, -0.25) is 9.36 Å². The number of aryl methyl sites for hydroxylation is 1. The summed E-state index contributed by atoms with van der Waals surface area (Å²) in [5.41, 5.74) is 5.00. The third-order valence-corrected chi connectivity index (χ3v) is 9.34. The van der Waals surface area contributed by atoms with Gasteiger partial charge in [0.25, 0.3) is 5.91 Å². The summed E-state index contributed by atoms with van der Waals surface area (Å²) in [7, 11) is 0. The molecule has 1 fully saturated rings. The Hall–Kier alpha value is -4.15. The molecule has 8 nitrogen and oxygen atoms in total. The highest BCUT2D eigenvalue weighted by Crippen LogP contribution is 2.30. The lowest BCUT2D eigenvalue weighted by Gasteiger charge is -2.36. The van der Waals surface area contributed by atoms with E-state index in [1.807, 2.05) is 53.6 Å². The molecule has 0 N–H and O–H groups in total. The van der Waals surface area contributed by atoms with E-state index in [9.17, 15) is 4.79 Å². The van der Waals surface area contributed by atoms with Crippen molar-refractivity contribution in [2.45, 2.75) is 31.2 Å². The third-order valence-electron chi connectivity index (χ3n) is 7.37. The summed E-state index contributed by atoms with van der Waals surface area (Å²) in [4.78, 5) is 22.2. The van der Waals surface area contributed by atoms with Gasteiger partial charge in [0.2, 0.25) is 0 Å². The summed E-state index contributed by atoms with van der Waals surface area (Å²) in [6.07, 6.45) is 0.683. The number of hydrogen-bond donors (Lipinski definition) is 0. The lowest BCUT2D eigenvalue weighted by Crippen LogP contribution is -2.49. The predicted octanol–water partition coefficient (Wildman–Crippen LogP) is 6.28. The van der Waals surface area contributed by atoms with Gasteiger partial charge >= 0.3 is 0 Å². The lowest BCUT2D eigenvalue weighted by atomic mass is 10.1. The van der Waals surface area contributed by atoms with E-state index in [1.165, 1.54) is 22.5 Å². The van der Waals surface area contributed by atoms with Crippen molar-refractivity contribution in [3.63, 3.8) is 0 Å². The van der Waals surface area contributed by atoms with Gasteiger partial charge < -0.3 is 14.5 Å². The van der Waals surface area contributed by atoms with Crippen molar-refractivity contribution in [2.75, 3.05) is 37.7 Å². The number of hydrogen-bond acceptors (Lipinski definition) is 8. The largest absolute Gasteiger partial charge is 0.492 e. The molecule has 5 aromatic rings. The Kier molecular flexibility index (Phi) is 9.04. The molecule has 3 aromatic carbocycles. The minimum atomic E-state index is -0.0155. The summed E-state index contributed by atoms with van der Waals surface area (Å²) in [5.74, 6) is 2.36. The molecule has 2 aromatic heterocycles. The molecule has 10 heteroatoms. The van der Waals surface area contributed by atoms with Crippen LogP contribution in [-0.2, 0) is 12.2 Å². The second-order valence-electron chi connectivity index (χ2n) is 10.3. The molecule has 3 heterocycles. The van der Waals surface area contributed by atoms with Crippen molar-refractivity contribution in [3.8, 4) is 11.4 Å². The van der Waals surface area contributed by atoms with Gasteiger partial charge in [-0.2, -0.15) is 0 Å². The fourth-order valence-electron chi connectivity index (χ4n) is 5.15. The van der Waals surface area contributed by atoms with Crippen molar-refractivity contribution in [1.29, 1.82) is 0 Å². The van der Waals surface area contributed by atoms with Crippen molar-refractivity contribution in [2.24, 2.45) is 0 Å². The predicted molar refractivity (Wildman–Crippen MR) is 173 cm³/mol. The smallest absolute Gasteiger partial charge is 0.273 e. The van der Waals surface area contributed by atoms with E-state index in [0.717, 1.165) is 46.2 Å². The number of thiazole rings is 1. The highest BCUT2D eigenvalue weighted by Gasteiger charge is 2.25. The molecule has 1 saturated heterocycles. The Morgan fingerprint density at radius 1 is 0.930 bits per heavy atom. The molecule has 1 amide bonds. The maximum absolute atomic E-state index is 13.3. The summed E-state index contributed by atoms with van der Waals surface area (Å²) in [6, 6.07) is 26.8. The average molecular weight is 611 g/mol. The Labute approximate surface area is 260 Å². The zero-order chi connectivity index (χ0) is 29.6. The lowest BCUT2D eigenvalue weighted by molar-refractivity contribution is 0.0741. The van der Waals surface area contributed by atoms with E-state index >= 15 is 0 Å². The summed E-state index contributed by atoms with van der Waals surface area (Å²) in [6.45, 7) is 7.49. The highest BCUT2D eigenvalue weighted by molar-refractivity contribution is 7.98. The number of benzene rings is 3. The molecular weight excluding hydrogens is 577 g/mol. The number of carbonyl (C=O) groups excluding carboxylic acids is 1. The van der Waals surface area contributed by atoms with E-state index in [2.05, 4.69) is 69.1 Å². The number of carbonyl (C=O) groups is 1. The molecule has 1 aliphatic rings. The van der Waals surface area contributed by atoms with Crippen LogP contribution in [0.2, 0.25) is 0 Å². The first kappa shape index (κ1) is 28.9. The summed E-state index contributed by atoms with van der Waals surface area (Å²) in [5, 5.41) is 12.7. The van der Waals surface area contributed by atoms with Gasteiger partial charge in [0, 0.05) is 43.7 Å². The first-order valence-corrected chi connectivity index (χ1v) is 16.3. The molecule has 6 rings (SSSR count). The van der Waals surface area contributed by atoms with E-state index in [0.29, 0.717) is 37.6 Å². The highest BCUT2D eigenvalue weighted by atomic mass is 32.2. The van der Waals surface area contributed by atoms with Gasteiger partial charge in [0.1, 0.15) is 22.3 Å². The van der Waals surface area contributed by atoms with Crippen molar-refractivity contribution >= 4 is 34.7 Å². The zero-order valence-electron chi connectivity index (χ0n) is 24.3. The number of anilines is 1. The Morgan fingerprint density at radius 2 is 1.67 bits per heavy atom. The number of nitrogens with zero attached hydrogens (tertiary/aromatic N) is 6. The van der Waals surface area contributed by atoms with Gasteiger partial charge in [-0.05, 0) is 43.7 Å². The van der Waals surface area contributed by atoms with Crippen LogP contribution < -0.4 is 9.64 Å². The monoisotopic (exact) mass is 610 g/mol. The van der Waals surface area contributed by atoms with Crippen molar-refractivity contribution < 1.29 is 9.53 Å². The summed E-state index contributed by atoms with van der Waals surface area (Å²) >= 11 is 3.10. The quantitative estimate of drug-likeness (QED) is 0.172. The molecule has 0 saturated carbocycles. The number of rotatable bonds is 10. The Morgan fingerprint density at radius 3 is 2.44 bits per heavy atom. The molecule has 1 aliphatic heterocycles. The summed E-state index contributed by atoms with van der Waals surface area (Å²) < 4.78 is 7.94. The minimum absolute atomic E-state index is 0.0155. The van der Waals surface area contributed by atoms with Crippen LogP contribution in [0, 0.1) is 6.92 Å². The van der Waals surface area contributed by atoms with Gasteiger partial charge in [-0.25, -0.2) is 4.98 Å². The van der Waals surface area contributed by atoms with Crippen LogP contribution in [0.25, 0.3) is 5.69 Å². The maximum Gasteiger partial charge on any atom is 0.273 e. The second-order valence-corrected chi connectivity index (χ2v) is 12.2. The third kappa shape index (κ3) is 6.76. The molecule has 0 unspecified atom stereocenters. The minimum Gasteiger partial charge on any atom is -0.492 e. The van der Waals surface area contributed by atoms with Crippen LogP contribution in [0.4, 0.5) is 5.69 Å². The number of aromatic nitrogens is 4. The number of piperazine rings is 1. The fourth-order valence-corrected chi connectivity index (χ4v) is 6.91. The zero-order valence-corrected chi connectivity index (χ0v) is 26.0. The SMILES string of the molecule is CCOc1ccccc1N1CCN(C(=O)c2csc(CSc3nnc(Cc4ccccc4)n3-c3ccc(C)cc3)n2)CC1. The average Bonchev–Trinajstić information content (AvgIpc) is 3.68. The van der Waals surface area contributed by atoms with E-state index in [1.54, 1.807) is 11.8 Å². The Bertz CT molecular complexity index is 1660. The maximum atomic E-state index is 13.3. The van der Waals surface area contributed by atoms with Crippen LogP contribution in [0.15, 0.2) is 89.4 Å². The Balaban J connectivity index is 1.11. The van der Waals surface area contributed by atoms with Crippen LogP contribution in [0.1, 0.15) is 39.4 Å². The van der Waals surface area contributed by atoms with Crippen molar-refractivity contribution in [3.05, 3.63) is 112 Å². The molecule has 0 aliphatic carbocycles. The molecule has 0 spiro atoms. The normalized spacial score (nSPS) is 13.3. The number of para-hydroxylation sites is 2. The van der Waals surface area contributed by atoms with E-state index in [-0.39, 0.29) is 5.91 Å². The van der Waals surface area contributed by atoms with Crippen LogP contribution in [0.5, 0.6) is 5.75 Å². The number of amides is 1. The van der Waals surface area contributed by atoms with Gasteiger partial charge in [-0.15, -0.1) is 21.5 Å². The van der Waals surface area contributed by atoms with Crippen LogP contribution in [0.3, 0.4) is 0 Å². The van der Waals surface area contributed by atoms with Gasteiger partial charge in [0.15, 0.2) is 5.16 Å². The molecule has 43 heavy (non-hydrogen) atoms. The van der Waals surface area contributed by atoms with Gasteiger partial charge in [-0.1, -0.05) is 71.9 Å². The van der Waals surface area contributed by atoms with E-state index in [4.69, 9.17) is 9.72 Å². The van der Waals surface area contributed by atoms with Crippen LogP contribution in [-0.4, -0.2) is 63.3 Å². The van der Waals surface area contributed by atoms with E-state index < -0.39 is 0 Å². The molecule has 0 atom stereocenters. The fraction of sp³-hybridized carbons (Fsp3) is 0.273. The molecule has 220 valence electrons.